The molecule has 2 aromatic carbocycles. The van der Waals surface area contributed by atoms with Gasteiger partial charge < -0.3 is 14.6 Å². The molecule has 1 heterocycles. The highest BCUT2D eigenvalue weighted by Gasteiger charge is 2.14. The number of benzene rings is 2. The summed E-state index contributed by atoms with van der Waals surface area (Å²) in [5.74, 6) is 1.72. The first-order chi connectivity index (χ1) is 14.5. The lowest BCUT2D eigenvalue weighted by Crippen LogP contribution is -2.16. The summed E-state index contributed by atoms with van der Waals surface area (Å²) in [5.41, 5.74) is 4.39. The average Bonchev–Trinajstić information content (AvgIpc) is 3.12. The number of nitrogens with one attached hydrogen (secondary N) is 1. The average molecular weight is 425 g/mol. The zero-order valence-corrected chi connectivity index (χ0v) is 18.8. The van der Waals surface area contributed by atoms with Gasteiger partial charge in [-0.2, -0.15) is 0 Å². The van der Waals surface area contributed by atoms with Gasteiger partial charge in [0, 0.05) is 12.7 Å². The van der Waals surface area contributed by atoms with Gasteiger partial charge in [-0.15, -0.1) is 10.2 Å². The Bertz CT molecular complexity index is 999. The number of carbonyl (C=O) groups excluding carboxylic acids is 1. The molecule has 0 bridgehead atoms. The number of carbonyl (C=O) groups is 1. The Morgan fingerprint density at radius 2 is 1.87 bits per heavy atom. The normalized spacial score (nSPS) is 10.8. The summed E-state index contributed by atoms with van der Waals surface area (Å²) in [4.78, 5) is 12.5. The van der Waals surface area contributed by atoms with Crippen LogP contribution in [0.3, 0.4) is 0 Å². The molecule has 30 heavy (non-hydrogen) atoms. The number of aryl methyl sites for hydroxylation is 3. The maximum absolute atomic E-state index is 12.5. The van der Waals surface area contributed by atoms with Crippen LogP contribution in [0.2, 0.25) is 0 Å². The molecule has 1 aromatic heterocycles. The van der Waals surface area contributed by atoms with Crippen LogP contribution in [0, 0.1) is 6.92 Å². The van der Waals surface area contributed by atoms with Gasteiger partial charge in [0.1, 0.15) is 12.4 Å². The highest BCUT2D eigenvalue weighted by atomic mass is 32.2. The molecule has 158 valence electrons. The zero-order chi connectivity index (χ0) is 21.5. The number of anilines is 1. The predicted molar refractivity (Wildman–Crippen MR) is 121 cm³/mol. The molecule has 0 fully saturated rings. The summed E-state index contributed by atoms with van der Waals surface area (Å²) in [6.07, 6.45) is 1.87. The van der Waals surface area contributed by atoms with Gasteiger partial charge >= 0.3 is 0 Å². The van der Waals surface area contributed by atoms with Gasteiger partial charge in [0.25, 0.3) is 0 Å². The summed E-state index contributed by atoms with van der Waals surface area (Å²) in [7, 11) is 1.88. The van der Waals surface area contributed by atoms with E-state index in [4.69, 9.17) is 4.74 Å². The molecule has 1 N–H and O–H groups in total. The lowest BCUT2D eigenvalue weighted by Gasteiger charge is -2.12. The summed E-state index contributed by atoms with van der Waals surface area (Å²) in [6, 6.07) is 14.1. The van der Waals surface area contributed by atoms with Crippen molar-refractivity contribution >= 4 is 23.4 Å². The molecule has 0 aliphatic rings. The third-order valence-corrected chi connectivity index (χ3v) is 5.98. The lowest BCUT2D eigenvalue weighted by atomic mass is 10.1. The van der Waals surface area contributed by atoms with E-state index in [0.717, 1.165) is 35.4 Å². The van der Waals surface area contributed by atoms with Crippen molar-refractivity contribution in [2.45, 2.75) is 45.4 Å². The van der Waals surface area contributed by atoms with Crippen molar-refractivity contribution in [1.82, 2.24) is 14.8 Å². The molecular formula is C23H28N4O2S. The highest BCUT2D eigenvalue weighted by molar-refractivity contribution is 7.99. The van der Waals surface area contributed by atoms with Crippen LogP contribution in [0.15, 0.2) is 47.6 Å². The van der Waals surface area contributed by atoms with E-state index in [1.807, 2.05) is 48.9 Å². The number of amides is 1. The third kappa shape index (κ3) is 5.42. The van der Waals surface area contributed by atoms with Crippen molar-refractivity contribution < 1.29 is 9.53 Å². The second kappa shape index (κ2) is 10.3. The molecule has 3 rings (SSSR count). The molecule has 1 amide bonds. The largest absolute Gasteiger partial charge is 0.486 e. The van der Waals surface area contributed by atoms with Crippen LogP contribution in [0.25, 0.3) is 0 Å². The van der Waals surface area contributed by atoms with Gasteiger partial charge in [-0.05, 0) is 48.6 Å². The molecule has 0 saturated carbocycles. The number of thioether (sulfide) groups is 1. The van der Waals surface area contributed by atoms with E-state index in [0.29, 0.717) is 17.6 Å². The third-order valence-electron chi connectivity index (χ3n) is 4.96. The van der Waals surface area contributed by atoms with E-state index in [2.05, 4.69) is 41.5 Å². The van der Waals surface area contributed by atoms with Crippen molar-refractivity contribution in [3.8, 4) is 5.75 Å². The van der Waals surface area contributed by atoms with Crippen molar-refractivity contribution in [2.75, 3.05) is 11.1 Å². The minimum absolute atomic E-state index is 0.0548. The Morgan fingerprint density at radius 1 is 1.10 bits per heavy atom. The second-order valence-electron chi connectivity index (χ2n) is 7.04. The molecule has 0 radical (unpaired) electrons. The Balaban J connectivity index is 1.55. The SMILES string of the molecule is CCc1ccc(OCc2nnc(SCC(=O)Nc3c(C)cccc3CC)n2C)cc1. The van der Waals surface area contributed by atoms with Crippen molar-refractivity contribution in [3.05, 3.63) is 65.0 Å². The molecular weight excluding hydrogens is 396 g/mol. The molecule has 0 atom stereocenters. The van der Waals surface area contributed by atoms with Crippen LogP contribution in [0.4, 0.5) is 5.69 Å². The number of aromatic nitrogens is 3. The standard InChI is InChI=1S/C23H28N4O2S/c1-5-17-10-12-19(13-11-17)29-14-20-25-26-23(27(20)4)30-15-21(28)24-22-16(3)8-7-9-18(22)6-2/h7-13H,5-6,14-15H2,1-4H3,(H,24,28). The molecule has 7 heteroatoms. The summed E-state index contributed by atoms with van der Waals surface area (Å²) >= 11 is 1.36. The molecule has 0 aliphatic carbocycles. The summed E-state index contributed by atoms with van der Waals surface area (Å²) in [6.45, 7) is 6.54. The van der Waals surface area contributed by atoms with Gasteiger partial charge in [-0.25, -0.2) is 0 Å². The Morgan fingerprint density at radius 3 is 2.57 bits per heavy atom. The quantitative estimate of drug-likeness (QED) is 0.510. The van der Waals surface area contributed by atoms with Gasteiger partial charge in [0.15, 0.2) is 11.0 Å². The number of hydrogen-bond acceptors (Lipinski definition) is 5. The number of para-hydroxylation sites is 1. The minimum atomic E-state index is -0.0548. The highest BCUT2D eigenvalue weighted by Crippen LogP contribution is 2.23. The predicted octanol–water partition coefficient (Wildman–Crippen LogP) is 4.56. The molecule has 0 spiro atoms. The van der Waals surface area contributed by atoms with Crippen LogP contribution in [0.5, 0.6) is 5.75 Å². The van der Waals surface area contributed by atoms with Crippen molar-refractivity contribution in [2.24, 2.45) is 7.05 Å². The molecule has 0 unspecified atom stereocenters. The van der Waals surface area contributed by atoms with E-state index in [1.54, 1.807) is 0 Å². The smallest absolute Gasteiger partial charge is 0.234 e. The van der Waals surface area contributed by atoms with E-state index in [-0.39, 0.29) is 11.7 Å². The molecule has 6 nitrogen and oxygen atoms in total. The maximum atomic E-state index is 12.5. The van der Waals surface area contributed by atoms with Gasteiger partial charge in [0.05, 0.1) is 5.75 Å². The first kappa shape index (κ1) is 21.9. The van der Waals surface area contributed by atoms with E-state index in [1.165, 1.54) is 17.3 Å². The molecule has 0 aliphatic heterocycles. The fourth-order valence-electron chi connectivity index (χ4n) is 3.07. The summed E-state index contributed by atoms with van der Waals surface area (Å²) < 4.78 is 7.68. The topological polar surface area (TPSA) is 69.0 Å². The van der Waals surface area contributed by atoms with Crippen LogP contribution >= 0.6 is 11.8 Å². The van der Waals surface area contributed by atoms with Crippen LogP contribution in [-0.4, -0.2) is 26.4 Å². The van der Waals surface area contributed by atoms with Crippen molar-refractivity contribution in [3.63, 3.8) is 0 Å². The first-order valence-corrected chi connectivity index (χ1v) is 11.1. The zero-order valence-electron chi connectivity index (χ0n) is 17.9. The van der Waals surface area contributed by atoms with Crippen molar-refractivity contribution in [1.29, 1.82) is 0 Å². The Kier molecular flexibility index (Phi) is 7.52. The lowest BCUT2D eigenvalue weighted by molar-refractivity contribution is -0.113. The first-order valence-electron chi connectivity index (χ1n) is 10.1. The number of ether oxygens (including phenoxy) is 1. The van der Waals surface area contributed by atoms with Crippen LogP contribution in [-0.2, 0) is 31.3 Å². The van der Waals surface area contributed by atoms with Crippen LogP contribution < -0.4 is 10.1 Å². The molecule has 0 saturated heterocycles. The maximum Gasteiger partial charge on any atom is 0.234 e. The van der Waals surface area contributed by atoms with E-state index in [9.17, 15) is 4.79 Å². The van der Waals surface area contributed by atoms with Gasteiger partial charge in [0.2, 0.25) is 5.91 Å². The fourth-order valence-corrected chi connectivity index (χ4v) is 3.80. The second-order valence-corrected chi connectivity index (χ2v) is 7.99. The van der Waals surface area contributed by atoms with E-state index < -0.39 is 0 Å². The van der Waals surface area contributed by atoms with Gasteiger partial charge in [-0.3, -0.25) is 4.79 Å². The minimum Gasteiger partial charge on any atom is -0.486 e. The monoisotopic (exact) mass is 424 g/mol. The van der Waals surface area contributed by atoms with E-state index >= 15 is 0 Å². The number of hydrogen-bond donors (Lipinski definition) is 1. The Labute approximate surface area is 182 Å². The number of nitrogens with zero attached hydrogens (tertiary/aromatic N) is 3. The Hall–Kier alpha value is -2.80. The fraction of sp³-hybridized carbons (Fsp3) is 0.348. The number of rotatable bonds is 9. The van der Waals surface area contributed by atoms with Crippen LogP contribution in [0.1, 0.15) is 36.4 Å². The summed E-state index contributed by atoms with van der Waals surface area (Å²) in [5, 5.41) is 12.1. The molecule has 3 aromatic rings. The van der Waals surface area contributed by atoms with Gasteiger partial charge in [-0.1, -0.05) is 55.9 Å².